The van der Waals surface area contributed by atoms with Crippen molar-refractivity contribution in [3.8, 4) is 0 Å². The number of aliphatic imine (C=N–C) groups is 1. The SMILES string of the molecule is CC1(C)NC(=O)Cc2cc(N=C(N)CCl)ccc21. The molecule has 96 valence electrons. The highest BCUT2D eigenvalue weighted by Crippen LogP contribution is 2.31. The second-order valence-electron chi connectivity index (χ2n) is 4.93. The minimum absolute atomic E-state index is 0.0268. The number of nitrogens with zero attached hydrogens (tertiary/aromatic N) is 1. The zero-order valence-electron chi connectivity index (χ0n) is 10.5. The summed E-state index contributed by atoms with van der Waals surface area (Å²) in [6.45, 7) is 3.97. The van der Waals surface area contributed by atoms with Gasteiger partial charge in [-0.05, 0) is 37.1 Å². The second-order valence-corrected chi connectivity index (χ2v) is 5.20. The molecule has 2 rings (SSSR count). The lowest BCUT2D eigenvalue weighted by Crippen LogP contribution is -2.46. The van der Waals surface area contributed by atoms with Crippen molar-refractivity contribution in [3.63, 3.8) is 0 Å². The van der Waals surface area contributed by atoms with E-state index in [-0.39, 0.29) is 17.3 Å². The number of benzene rings is 1. The Labute approximate surface area is 111 Å². The fourth-order valence-corrected chi connectivity index (χ4v) is 2.29. The number of carbonyl (C=O) groups is 1. The number of halogens is 1. The molecule has 0 atom stereocenters. The second kappa shape index (κ2) is 4.61. The van der Waals surface area contributed by atoms with E-state index in [0.717, 1.165) is 16.8 Å². The van der Waals surface area contributed by atoms with Crippen molar-refractivity contribution in [2.45, 2.75) is 25.8 Å². The Bertz CT molecular complexity index is 523. The molecule has 3 N–H and O–H groups in total. The summed E-state index contributed by atoms with van der Waals surface area (Å²) < 4.78 is 0. The predicted molar refractivity (Wildman–Crippen MR) is 73.3 cm³/mol. The van der Waals surface area contributed by atoms with Crippen LogP contribution < -0.4 is 11.1 Å². The summed E-state index contributed by atoms with van der Waals surface area (Å²) in [4.78, 5) is 15.8. The average molecular weight is 266 g/mol. The molecule has 18 heavy (non-hydrogen) atoms. The zero-order valence-corrected chi connectivity index (χ0v) is 11.2. The van der Waals surface area contributed by atoms with Crippen molar-refractivity contribution < 1.29 is 4.79 Å². The third-order valence-electron chi connectivity index (χ3n) is 2.97. The highest BCUT2D eigenvalue weighted by atomic mass is 35.5. The Kier molecular flexibility index (Phi) is 3.30. The van der Waals surface area contributed by atoms with Gasteiger partial charge in [0.25, 0.3) is 0 Å². The van der Waals surface area contributed by atoms with Gasteiger partial charge < -0.3 is 11.1 Å². The minimum Gasteiger partial charge on any atom is -0.386 e. The number of fused-ring (bicyclic) bond motifs is 1. The maximum absolute atomic E-state index is 11.6. The molecule has 4 nitrogen and oxygen atoms in total. The summed E-state index contributed by atoms with van der Waals surface area (Å²) in [5.74, 6) is 0.596. The molecule has 0 saturated carbocycles. The fraction of sp³-hybridized carbons (Fsp3) is 0.385. The lowest BCUT2D eigenvalue weighted by Gasteiger charge is -2.33. The lowest BCUT2D eigenvalue weighted by atomic mass is 9.85. The van der Waals surface area contributed by atoms with Crippen LogP contribution in [-0.4, -0.2) is 17.6 Å². The maximum Gasteiger partial charge on any atom is 0.225 e. The van der Waals surface area contributed by atoms with Gasteiger partial charge in [0.1, 0.15) is 5.84 Å². The molecule has 1 aromatic carbocycles. The Morgan fingerprint density at radius 2 is 2.28 bits per heavy atom. The molecule has 0 radical (unpaired) electrons. The smallest absolute Gasteiger partial charge is 0.225 e. The number of hydrogen-bond donors (Lipinski definition) is 2. The molecular weight excluding hydrogens is 250 g/mol. The Balaban J connectivity index is 2.44. The maximum atomic E-state index is 11.6. The van der Waals surface area contributed by atoms with Crippen LogP contribution in [0.25, 0.3) is 0 Å². The molecule has 0 unspecified atom stereocenters. The van der Waals surface area contributed by atoms with Crippen molar-refractivity contribution in [1.29, 1.82) is 0 Å². The van der Waals surface area contributed by atoms with Gasteiger partial charge in [-0.25, -0.2) is 4.99 Å². The first-order valence-electron chi connectivity index (χ1n) is 5.76. The monoisotopic (exact) mass is 265 g/mol. The van der Waals surface area contributed by atoms with E-state index >= 15 is 0 Å². The number of hydrogen-bond acceptors (Lipinski definition) is 2. The molecule has 0 spiro atoms. The third-order valence-corrected chi connectivity index (χ3v) is 3.25. The number of alkyl halides is 1. The van der Waals surface area contributed by atoms with Gasteiger partial charge in [0.15, 0.2) is 0 Å². The molecule has 1 aliphatic heterocycles. The average Bonchev–Trinajstić information content (AvgIpc) is 2.26. The van der Waals surface area contributed by atoms with Crippen molar-refractivity contribution in [2.75, 3.05) is 5.88 Å². The minimum atomic E-state index is -0.342. The van der Waals surface area contributed by atoms with E-state index in [1.54, 1.807) is 0 Å². The van der Waals surface area contributed by atoms with Crippen molar-refractivity contribution in [3.05, 3.63) is 29.3 Å². The highest BCUT2D eigenvalue weighted by molar-refractivity contribution is 6.28. The van der Waals surface area contributed by atoms with Gasteiger partial charge in [-0.2, -0.15) is 0 Å². The number of nitrogens with two attached hydrogens (primary N) is 1. The molecule has 0 saturated heterocycles. The van der Waals surface area contributed by atoms with E-state index in [0.29, 0.717) is 12.3 Å². The predicted octanol–water partition coefficient (Wildman–Crippen LogP) is 1.82. The van der Waals surface area contributed by atoms with Gasteiger partial charge in [-0.15, -0.1) is 11.6 Å². The fourth-order valence-electron chi connectivity index (χ4n) is 2.23. The highest BCUT2D eigenvalue weighted by Gasteiger charge is 2.30. The normalized spacial score (nSPS) is 18.2. The van der Waals surface area contributed by atoms with E-state index in [1.165, 1.54) is 0 Å². The van der Waals surface area contributed by atoms with Gasteiger partial charge in [0.2, 0.25) is 5.91 Å². The van der Waals surface area contributed by atoms with Crippen molar-refractivity contribution in [1.82, 2.24) is 5.32 Å². The summed E-state index contributed by atoms with van der Waals surface area (Å²) in [6, 6.07) is 5.77. The molecule has 0 fully saturated rings. The van der Waals surface area contributed by atoms with E-state index in [1.807, 2.05) is 32.0 Å². The quantitative estimate of drug-likeness (QED) is 0.487. The third kappa shape index (κ3) is 2.48. The molecule has 1 heterocycles. The number of rotatable bonds is 2. The first-order chi connectivity index (χ1) is 8.42. The summed E-state index contributed by atoms with van der Waals surface area (Å²) in [7, 11) is 0. The Hall–Kier alpha value is -1.55. The van der Waals surface area contributed by atoms with Crippen LogP contribution in [0.2, 0.25) is 0 Å². The molecule has 0 aliphatic carbocycles. The van der Waals surface area contributed by atoms with Crippen LogP contribution >= 0.6 is 11.6 Å². The molecule has 0 aromatic heterocycles. The van der Waals surface area contributed by atoms with Gasteiger partial charge in [0.05, 0.1) is 23.5 Å². The van der Waals surface area contributed by atoms with Crippen LogP contribution in [0, 0.1) is 0 Å². The van der Waals surface area contributed by atoms with E-state index in [4.69, 9.17) is 17.3 Å². The van der Waals surface area contributed by atoms with E-state index < -0.39 is 0 Å². The zero-order chi connectivity index (χ0) is 13.3. The topological polar surface area (TPSA) is 67.5 Å². The number of nitrogens with one attached hydrogen (secondary N) is 1. The molecule has 1 amide bonds. The molecule has 1 aromatic rings. The number of amidine groups is 1. The Morgan fingerprint density at radius 1 is 1.56 bits per heavy atom. The van der Waals surface area contributed by atoms with Crippen LogP contribution in [0.15, 0.2) is 23.2 Å². The van der Waals surface area contributed by atoms with Crippen LogP contribution in [0.1, 0.15) is 25.0 Å². The molecule has 1 aliphatic rings. The van der Waals surface area contributed by atoms with E-state index in [2.05, 4.69) is 10.3 Å². The van der Waals surface area contributed by atoms with Crippen LogP contribution in [0.5, 0.6) is 0 Å². The van der Waals surface area contributed by atoms with Gasteiger partial charge in [-0.1, -0.05) is 6.07 Å². The summed E-state index contributed by atoms with van der Waals surface area (Å²) >= 11 is 5.59. The first-order valence-corrected chi connectivity index (χ1v) is 6.29. The van der Waals surface area contributed by atoms with Crippen LogP contribution in [-0.2, 0) is 16.8 Å². The number of amides is 1. The first kappa shape index (κ1) is 12.9. The summed E-state index contributed by atoms with van der Waals surface area (Å²) in [5, 5.41) is 2.96. The lowest BCUT2D eigenvalue weighted by molar-refractivity contribution is -0.122. The summed E-state index contributed by atoms with van der Waals surface area (Å²) in [5.41, 5.74) is 8.10. The molecular formula is C13H16ClN3O. The van der Waals surface area contributed by atoms with Gasteiger partial charge >= 0.3 is 0 Å². The van der Waals surface area contributed by atoms with Gasteiger partial charge in [-0.3, -0.25) is 4.79 Å². The Morgan fingerprint density at radius 3 is 2.94 bits per heavy atom. The summed E-state index contributed by atoms with van der Waals surface area (Å²) in [6.07, 6.45) is 0.378. The van der Waals surface area contributed by atoms with Crippen molar-refractivity contribution >= 4 is 29.0 Å². The molecule has 0 bridgehead atoms. The van der Waals surface area contributed by atoms with Crippen molar-refractivity contribution in [2.24, 2.45) is 10.7 Å². The van der Waals surface area contributed by atoms with Crippen LogP contribution in [0.3, 0.4) is 0 Å². The number of carbonyl (C=O) groups excluding carboxylic acids is 1. The standard InChI is InChI=1S/C13H16ClN3O/c1-13(2)10-4-3-9(16-11(15)7-14)5-8(10)6-12(18)17-13/h3-5H,6-7H2,1-2H3,(H2,15,16)(H,17,18). The molecule has 5 heteroatoms. The van der Waals surface area contributed by atoms with Crippen LogP contribution in [0.4, 0.5) is 5.69 Å². The largest absolute Gasteiger partial charge is 0.386 e. The van der Waals surface area contributed by atoms with Gasteiger partial charge in [0, 0.05) is 0 Å². The van der Waals surface area contributed by atoms with E-state index in [9.17, 15) is 4.79 Å².